The van der Waals surface area contributed by atoms with Crippen LogP contribution in [0.1, 0.15) is 46.0 Å². The van der Waals surface area contributed by atoms with Crippen molar-refractivity contribution in [2.75, 3.05) is 6.61 Å². The minimum Gasteiger partial charge on any atom is -0.462 e. The summed E-state index contributed by atoms with van der Waals surface area (Å²) in [5, 5.41) is 11.2. The van der Waals surface area contributed by atoms with E-state index in [1.165, 1.54) is 16.8 Å². The zero-order valence-electron chi connectivity index (χ0n) is 16.4. The van der Waals surface area contributed by atoms with Gasteiger partial charge in [-0.05, 0) is 61.9 Å². The number of halogens is 1. The lowest BCUT2D eigenvalue weighted by atomic mass is 10.1. The van der Waals surface area contributed by atoms with Gasteiger partial charge in [-0.2, -0.15) is 4.68 Å². The van der Waals surface area contributed by atoms with Crippen LogP contribution in [0.2, 0.25) is 0 Å². The number of thioether (sulfide) groups is 1. The molecule has 0 saturated carbocycles. The van der Waals surface area contributed by atoms with Crippen molar-refractivity contribution in [3.05, 3.63) is 52.6 Å². The van der Waals surface area contributed by atoms with Crippen LogP contribution in [0.15, 0.2) is 29.4 Å². The number of benzene rings is 1. The average molecular weight is 417 g/mol. The molecule has 0 aliphatic heterocycles. The second-order valence-corrected chi connectivity index (χ2v) is 7.63. The molecule has 0 spiro atoms. The normalized spacial score (nSPS) is 12.0. The summed E-state index contributed by atoms with van der Waals surface area (Å²) in [6, 6.07) is 5.85. The molecule has 3 rings (SSSR count). The number of hydrogen-bond donors (Lipinski definition) is 1. The second-order valence-electron chi connectivity index (χ2n) is 6.32. The van der Waals surface area contributed by atoms with Crippen LogP contribution in [-0.4, -0.2) is 48.8 Å². The lowest BCUT2D eigenvalue weighted by Gasteiger charge is -2.10. The number of aromatic amines is 1. The van der Waals surface area contributed by atoms with Gasteiger partial charge in [0.25, 0.3) is 0 Å². The topological polar surface area (TPSA) is 103 Å². The molecule has 0 fully saturated rings. The lowest BCUT2D eigenvalue weighted by molar-refractivity contribution is 0.0525. The minimum absolute atomic E-state index is 0.208. The van der Waals surface area contributed by atoms with Crippen molar-refractivity contribution >= 4 is 23.5 Å². The molecule has 0 saturated heterocycles. The molecule has 10 heteroatoms. The van der Waals surface area contributed by atoms with Crippen LogP contribution < -0.4 is 0 Å². The summed E-state index contributed by atoms with van der Waals surface area (Å²) in [7, 11) is 0. The van der Waals surface area contributed by atoms with Crippen LogP contribution in [0.4, 0.5) is 4.39 Å². The second kappa shape index (κ2) is 8.56. The molecule has 29 heavy (non-hydrogen) atoms. The van der Waals surface area contributed by atoms with Crippen molar-refractivity contribution in [1.29, 1.82) is 0 Å². The smallest absolute Gasteiger partial charge is 0.340 e. The molecule has 8 nitrogen and oxygen atoms in total. The third-order valence-corrected chi connectivity index (χ3v) is 5.34. The molecule has 1 atom stereocenters. The van der Waals surface area contributed by atoms with Crippen LogP contribution in [0.25, 0.3) is 5.69 Å². The maximum absolute atomic E-state index is 13.5. The number of carbonyl (C=O) groups is 2. The first-order valence-electron chi connectivity index (χ1n) is 8.95. The van der Waals surface area contributed by atoms with Crippen molar-refractivity contribution < 1.29 is 18.7 Å². The zero-order valence-corrected chi connectivity index (χ0v) is 17.2. The van der Waals surface area contributed by atoms with Crippen molar-refractivity contribution in [3.8, 4) is 5.69 Å². The Bertz CT molecular complexity index is 1060. The number of hydrogen-bond acceptors (Lipinski definition) is 7. The summed E-state index contributed by atoms with van der Waals surface area (Å²) < 4.78 is 20.0. The Kier molecular flexibility index (Phi) is 6.12. The van der Waals surface area contributed by atoms with Gasteiger partial charge in [0.2, 0.25) is 5.16 Å². The van der Waals surface area contributed by atoms with Crippen LogP contribution in [0, 0.1) is 19.7 Å². The van der Waals surface area contributed by atoms with E-state index in [0.29, 0.717) is 33.4 Å². The SMILES string of the molecule is CCOC(=O)c1c(C)[nH]c(C(=O)[C@H](C)Sc2nnnn2-c2cccc(F)c2)c1C. The summed E-state index contributed by atoms with van der Waals surface area (Å²) in [6.07, 6.45) is 0. The van der Waals surface area contributed by atoms with Gasteiger partial charge < -0.3 is 9.72 Å². The average Bonchev–Trinajstić information content (AvgIpc) is 3.25. The van der Waals surface area contributed by atoms with Crippen molar-refractivity contribution in [1.82, 2.24) is 25.2 Å². The largest absolute Gasteiger partial charge is 0.462 e. The summed E-state index contributed by atoms with van der Waals surface area (Å²) in [5.41, 5.74) is 2.29. The Morgan fingerprint density at radius 1 is 1.34 bits per heavy atom. The predicted octanol–water partition coefficient (Wildman–Crippen LogP) is 3.29. The summed E-state index contributed by atoms with van der Waals surface area (Å²) in [6.45, 7) is 7.12. The molecular formula is C19H20FN5O3S. The molecule has 0 unspecified atom stereocenters. The van der Waals surface area contributed by atoms with Gasteiger partial charge in [0, 0.05) is 5.69 Å². The number of tetrazole rings is 1. The van der Waals surface area contributed by atoms with Gasteiger partial charge in [-0.25, -0.2) is 9.18 Å². The van der Waals surface area contributed by atoms with E-state index in [-0.39, 0.29) is 12.4 Å². The van der Waals surface area contributed by atoms with Crippen LogP contribution in [0.3, 0.4) is 0 Å². The Morgan fingerprint density at radius 3 is 2.79 bits per heavy atom. The van der Waals surface area contributed by atoms with Gasteiger partial charge in [-0.1, -0.05) is 17.8 Å². The van der Waals surface area contributed by atoms with Crippen molar-refractivity contribution in [3.63, 3.8) is 0 Å². The number of carbonyl (C=O) groups excluding carboxylic acids is 2. The fourth-order valence-electron chi connectivity index (χ4n) is 2.94. The van der Waals surface area contributed by atoms with E-state index in [2.05, 4.69) is 20.5 Å². The van der Waals surface area contributed by atoms with E-state index in [1.54, 1.807) is 39.8 Å². The summed E-state index contributed by atoms with van der Waals surface area (Å²) >= 11 is 1.14. The van der Waals surface area contributed by atoms with E-state index >= 15 is 0 Å². The molecule has 3 aromatic rings. The Hall–Kier alpha value is -3.01. The third kappa shape index (κ3) is 4.21. The fraction of sp³-hybridized carbons (Fsp3) is 0.316. The van der Waals surface area contributed by atoms with Gasteiger partial charge in [0.05, 0.1) is 28.8 Å². The van der Waals surface area contributed by atoms with Gasteiger partial charge in [-0.3, -0.25) is 4.79 Å². The maximum atomic E-state index is 13.5. The highest BCUT2D eigenvalue weighted by atomic mass is 32.2. The summed E-state index contributed by atoms with van der Waals surface area (Å²) in [4.78, 5) is 28.2. The molecule has 1 aromatic carbocycles. The number of rotatable bonds is 7. The Labute approximate surface area is 170 Å². The van der Waals surface area contributed by atoms with E-state index in [0.717, 1.165) is 11.8 Å². The first-order valence-corrected chi connectivity index (χ1v) is 9.82. The highest BCUT2D eigenvalue weighted by Gasteiger charge is 2.27. The van der Waals surface area contributed by atoms with Crippen LogP contribution >= 0.6 is 11.8 Å². The number of H-pyrrole nitrogens is 1. The Balaban J connectivity index is 1.84. The lowest BCUT2D eigenvalue weighted by Crippen LogP contribution is -2.16. The number of nitrogens with zero attached hydrogens (tertiary/aromatic N) is 4. The monoisotopic (exact) mass is 417 g/mol. The molecule has 152 valence electrons. The van der Waals surface area contributed by atoms with E-state index in [1.807, 2.05) is 0 Å². The highest BCUT2D eigenvalue weighted by molar-refractivity contribution is 8.00. The number of ether oxygens (including phenoxy) is 1. The van der Waals surface area contributed by atoms with Gasteiger partial charge in [0.1, 0.15) is 5.82 Å². The molecule has 1 N–H and O–H groups in total. The van der Waals surface area contributed by atoms with E-state index < -0.39 is 17.0 Å². The van der Waals surface area contributed by atoms with Crippen LogP contribution in [0.5, 0.6) is 0 Å². The number of ketones is 1. The van der Waals surface area contributed by atoms with Gasteiger partial charge >= 0.3 is 5.97 Å². The number of Topliss-reactive ketones (excluding diaryl/α,β-unsaturated/α-hetero) is 1. The Morgan fingerprint density at radius 2 is 2.10 bits per heavy atom. The van der Waals surface area contributed by atoms with Crippen molar-refractivity contribution in [2.45, 2.75) is 38.1 Å². The van der Waals surface area contributed by atoms with E-state index in [4.69, 9.17) is 4.74 Å². The molecule has 0 bridgehead atoms. The summed E-state index contributed by atoms with van der Waals surface area (Å²) in [5.74, 6) is -1.09. The first kappa shape index (κ1) is 20.7. The standard InChI is InChI=1S/C19H20FN5O3S/c1-5-28-18(27)15-10(2)16(21-11(15)3)17(26)12(4)29-19-22-23-24-25(19)14-8-6-7-13(20)9-14/h6-9,12,21H,5H2,1-4H3/t12-/m0/s1. The molecule has 2 heterocycles. The molecule has 0 aliphatic carbocycles. The first-order chi connectivity index (χ1) is 13.8. The third-order valence-electron chi connectivity index (χ3n) is 4.31. The number of aromatic nitrogens is 5. The van der Waals surface area contributed by atoms with Crippen molar-refractivity contribution in [2.24, 2.45) is 0 Å². The predicted molar refractivity (Wildman–Crippen MR) is 105 cm³/mol. The highest BCUT2D eigenvalue weighted by Crippen LogP contribution is 2.28. The molecule has 2 aromatic heterocycles. The minimum atomic E-state index is -0.555. The zero-order chi connectivity index (χ0) is 21.1. The number of nitrogens with one attached hydrogen (secondary N) is 1. The molecule has 0 amide bonds. The molecular weight excluding hydrogens is 397 g/mol. The van der Waals surface area contributed by atoms with Gasteiger partial charge in [0.15, 0.2) is 5.78 Å². The van der Waals surface area contributed by atoms with E-state index in [9.17, 15) is 14.0 Å². The fourth-order valence-corrected chi connectivity index (χ4v) is 3.81. The molecule has 0 radical (unpaired) electrons. The molecule has 0 aliphatic rings. The van der Waals surface area contributed by atoms with Gasteiger partial charge in [-0.15, -0.1) is 5.10 Å². The quantitative estimate of drug-likeness (QED) is 0.357. The number of aryl methyl sites for hydroxylation is 1. The maximum Gasteiger partial charge on any atom is 0.340 e. The van der Waals surface area contributed by atoms with Crippen LogP contribution in [-0.2, 0) is 4.74 Å². The number of esters is 1.